The third-order valence-corrected chi connectivity index (χ3v) is 6.56. The highest BCUT2D eigenvalue weighted by molar-refractivity contribution is 7.86. The average Bonchev–Trinajstić information content (AvgIpc) is 3.10. The largest absolute Gasteiger partial charge is 0.296 e. The summed E-state index contributed by atoms with van der Waals surface area (Å²) >= 11 is 1.06. The van der Waals surface area contributed by atoms with Crippen LogP contribution in [0.3, 0.4) is 0 Å². The fraction of sp³-hybridized carbons (Fsp3) is 0.0952. The monoisotopic (exact) mass is 423 g/mol. The molecule has 0 spiro atoms. The maximum absolute atomic E-state index is 11.8. The van der Waals surface area contributed by atoms with Crippen LogP contribution in [0.2, 0.25) is 0 Å². The van der Waals surface area contributed by atoms with Gasteiger partial charge in [0.05, 0.1) is 21.8 Å². The highest BCUT2D eigenvalue weighted by atomic mass is 32.2. The van der Waals surface area contributed by atoms with Crippen molar-refractivity contribution in [1.29, 1.82) is 0 Å². The summed E-state index contributed by atoms with van der Waals surface area (Å²) in [6.07, 6.45) is 0. The van der Waals surface area contributed by atoms with Crippen LogP contribution in [-0.4, -0.2) is 17.3 Å². The molecule has 0 aliphatic rings. The molecule has 4 aromatic rings. The molecule has 1 N–H and O–H groups in total. The van der Waals surface area contributed by atoms with Crippen molar-refractivity contribution in [2.75, 3.05) is 0 Å². The Balaban J connectivity index is 1.68. The van der Waals surface area contributed by atoms with Crippen LogP contribution >= 0.6 is 11.5 Å². The second kappa shape index (κ2) is 7.47. The third kappa shape index (κ3) is 3.95. The predicted octanol–water partition coefficient (Wildman–Crippen LogP) is 6.24. The van der Waals surface area contributed by atoms with E-state index in [0.29, 0.717) is 27.0 Å². The Hall–Kier alpha value is -2.94. The second-order valence-electron chi connectivity index (χ2n) is 6.68. The quantitative estimate of drug-likeness (QED) is 0.310. The van der Waals surface area contributed by atoms with Gasteiger partial charge in [0.25, 0.3) is 10.1 Å². The lowest BCUT2D eigenvalue weighted by Crippen LogP contribution is -2.00. The molecule has 6 nitrogen and oxygen atoms in total. The van der Waals surface area contributed by atoms with E-state index >= 15 is 0 Å². The van der Waals surface area contributed by atoms with Crippen LogP contribution in [-0.2, 0) is 10.1 Å². The lowest BCUT2D eigenvalue weighted by Gasteiger charge is -2.04. The van der Waals surface area contributed by atoms with E-state index in [4.69, 9.17) is 0 Å². The molecule has 29 heavy (non-hydrogen) atoms. The number of hydrogen-bond acceptors (Lipinski definition) is 6. The molecule has 0 aliphatic carbocycles. The van der Waals surface area contributed by atoms with Crippen molar-refractivity contribution in [3.8, 4) is 11.3 Å². The van der Waals surface area contributed by atoms with Crippen molar-refractivity contribution >= 4 is 43.1 Å². The molecule has 0 radical (unpaired) electrons. The van der Waals surface area contributed by atoms with E-state index < -0.39 is 10.1 Å². The maximum atomic E-state index is 11.8. The molecule has 0 bridgehead atoms. The zero-order valence-corrected chi connectivity index (χ0v) is 17.3. The first-order valence-corrected chi connectivity index (χ1v) is 11.0. The van der Waals surface area contributed by atoms with Crippen molar-refractivity contribution in [3.63, 3.8) is 0 Å². The van der Waals surface area contributed by atoms with Crippen molar-refractivity contribution in [1.82, 2.24) is 4.37 Å². The predicted molar refractivity (Wildman–Crippen MR) is 115 cm³/mol. The smallest absolute Gasteiger partial charge is 0.282 e. The minimum atomic E-state index is -4.33. The highest BCUT2D eigenvalue weighted by Gasteiger charge is 2.21. The number of azo groups is 1. The van der Waals surface area contributed by atoms with E-state index in [1.165, 1.54) is 0 Å². The number of aryl methyl sites for hydroxylation is 2. The summed E-state index contributed by atoms with van der Waals surface area (Å²) in [5.41, 5.74) is 4.62. The molecule has 8 heteroatoms. The van der Waals surface area contributed by atoms with Gasteiger partial charge in [-0.1, -0.05) is 42.0 Å². The number of benzene rings is 3. The third-order valence-electron chi connectivity index (χ3n) is 4.51. The zero-order valence-electron chi connectivity index (χ0n) is 15.7. The number of hydrogen-bond donors (Lipinski definition) is 1. The maximum Gasteiger partial charge on any atom is 0.296 e. The molecular weight excluding hydrogens is 406 g/mol. The molecule has 0 atom stereocenters. The first-order chi connectivity index (χ1) is 13.8. The molecule has 1 heterocycles. The normalized spacial score (nSPS) is 12.1. The molecular formula is C21H17N3O3S2. The number of aromatic nitrogens is 1. The summed E-state index contributed by atoms with van der Waals surface area (Å²) in [4.78, 5) is -0.0812. The average molecular weight is 424 g/mol. The van der Waals surface area contributed by atoms with E-state index in [0.717, 1.165) is 28.3 Å². The van der Waals surface area contributed by atoms with Crippen LogP contribution in [0.1, 0.15) is 11.1 Å². The lowest BCUT2D eigenvalue weighted by molar-refractivity contribution is 0.484. The van der Waals surface area contributed by atoms with Crippen LogP contribution in [0.4, 0.5) is 11.4 Å². The van der Waals surface area contributed by atoms with Crippen LogP contribution < -0.4 is 0 Å². The van der Waals surface area contributed by atoms with Crippen molar-refractivity contribution in [3.05, 3.63) is 71.8 Å². The van der Waals surface area contributed by atoms with Gasteiger partial charge in [-0.15, -0.1) is 0 Å². The van der Waals surface area contributed by atoms with Gasteiger partial charge < -0.3 is 0 Å². The van der Waals surface area contributed by atoms with E-state index in [1.54, 1.807) is 13.0 Å². The molecule has 4 rings (SSSR count). The molecule has 1 aromatic heterocycles. The topological polar surface area (TPSA) is 92.0 Å². The molecule has 0 amide bonds. The van der Waals surface area contributed by atoms with Crippen molar-refractivity contribution in [2.24, 2.45) is 10.2 Å². The molecule has 0 unspecified atom stereocenters. The zero-order chi connectivity index (χ0) is 20.6. The molecule has 146 valence electrons. The van der Waals surface area contributed by atoms with Gasteiger partial charge in [0.15, 0.2) is 0 Å². The Labute approximate surface area is 172 Å². The minimum absolute atomic E-state index is 0.0812. The van der Waals surface area contributed by atoms with E-state index in [2.05, 4.69) is 14.6 Å². The number of fused-ring (bicyclic) bond motifs is 1. The Kier molecular flexibility index (Phi) is 4.99. The Morgan fingerprint density at radius 1 is 0.862 bits per heavy atom. The summed E-state index contributed by atoms with van der Waals surface area (Å²) in [5.74, 6) is 0. The van der Waals surface area contributed by atoms with E-state index in [9.17, 15) is 13.0 Å². The van der Waals surface area contributed by atoms with Crippen LogP contribution in [0.25, 0.3) is 21.3 Å². The molecule has 3 aromatic carbocycles. The highest BCUT2D eigenvalue weighted by Crippen LogP contribution is 2.36. The van der Waals surface area contributed by atoms with Crippen LogP contribution in [0.15, 0.2) is 75.8 Å². The summed E-state index contributed by atoms with van der Waals surface area (Å²) in [5, 5.41) is 9.15. The van der Waals surface area contributed by atoms with Gasteiger partial charge in [-0.25, -0.2) is 0 Å². The molecule has 0 saturated heterocycles. The first kappa shape index (κ1) is 19.4. The van der Waals surface area contributed by atoms with E-state index in [-0.39, 0.29) is 4.90 Å². The SMILES string of the molecule is Cc1ccc(N=Nc2ccc(-c3nsc4c(S(=O)(=O)O)c(C)ccc34)cc2)cc1. The molecule has 0 aliphatic heterocycles. The van der Waals surface area contributed by atoms with Crippen LogP contribution in [0.5, 0.6) is 0 Å². The van der Waals surface area contributed by atoms with Crippen LogP contribution in [0, 0.1) is 13.8 Å². The second-order valence-corrected chi connectivity index (χ2v) is 8.81. The summed E-state index contributed by atoms with van der Waals surface area (Å²) < 4.78 is 38.0. The summed E-state index contributed by atoms with van der Waals surface area (Å²) in [6.45, 7) is 3.66. The standard InChI is InChI=1S/C21H17N3O3S2/c1-13-3-8-16(9-4-13)22-23-17-10-6-15(7-11-17)19-18-12-5-14(2)21(29(25,26)27)20(18)28-24-19/h3-12H,1-2H3,(H,25,26,27). The van der Waals surface area contributed by atoms with Gasteiger partial charge in [0.2, 0.25) is 0 Å². The molecule has 0 fully saturated rings. The van der Waals surface area contributed by atoms with Crippen molar-refractivity contribution in [2.45, 2.75) is 18.7 Å². The van der Waals surface area contributed by atoms with Gasteiger partial charge in [-0.2, -0.15) is 23.0 Å². The first-order valence-electron chi connectivity index (χ1n) is 8.78. The Morgan fingerprint density at radius 3 is 2.03 bits per heavy atom. The summed E-state index contributed by atoms with van der Waals surface area (Å²) in [6, 6.07) is 18.7. The Bertz CT molecular complexity index is 1320. The molecule has 0 saturated carbocycles. The Morgan fingerprint density at radius 2 is 1.45 bits per heavy atom. The van der Waals surface area contributed by atoms with Gasteiger partial charge in [-0.3, -0.25) is 4.55 Å². The van der Waals surface area contributed by atoms with Gasteiger partial charge in [0, 0.05) is 10.9 Å². The fourth-order valence-electron chi connectivity index (χ4n) is 3.02. The van der Waals surface area contributed by atoms with Gasteiger partial charge in [0.1, 0.15) is 4.90 Å². The fourth-order valence-corrected chi connectivity index (χ4v) is 5.16. The van der Waals surface area contributed by atoms with Crippen molar-refractivity contribution < 1.29 is 13.0 Å². The van der Waals surface area contributed by atoms with Gasteiger partial charge in [-0.05, 0) is 55.2 Å². The number of rotatable bonds is 4. The van der Waals surface area contributed by atoms with Gasteiger partial charge >= 0.3 is 0 Å². The number of nitrogens with zero attached hydrogens (tertiary/aromatic N) is 3. The minimum Gasteiger partial charge on any atom is -0.282 e. The van der Waals surface area contributed by atoms with E-state index in [1.807, 2.05) is 61.5 Å². The summed E-state index contributed by atoms with van der Waals surface area (Å²) in [7, 11) is -4.33. The lowest BCUT2D eigenvalue weighted by atomic mass is 10.1.